The fourth-order valence-electron chi connectivity index (χ4n) is 2.19. The Bertz CT molecular complexity index is 847. The summed E-state index contributed by atoms with van der Waals surface area (Å²) in [6.07, 6.45) is 1.06. The van der Waals surface area contributed by atoms with Crippen LogP contribution in [0.5, 0.6) is 0 Å². The van der Waals surface area contributed by atoms with E-state index in [1.165, 1.54) is 19.2 Å². The Kier molecular flexibility index (Phi) is 5.23. The van der Waals surface area contributed by atoms with E-state index in [1.54, 1.807) is 24.3 Å². The molecular formula is C17H18FNO4S. The minimum Gasteiger partial charge on any atom is -0.465 e. The maximum Gasteiger partial charge on any atom is 0.337 e. The van der Waals surface area contributed by atoms with E-state index in [4.69, 9.17) is 0 Å². The zero-order valence-corrected chi connectivity index (χ0v) is 14.4. The number of carbonyl (C=O) groups excluding carboxylic acids is 1. The third kappa shape index (κ3) is 4.11. The predicted octanol–water partition coefficient (Wildman–Crippen LogP) is 2.89. The maximum absolute atomic E-state index is 14.2. The van der Waals surface area contributed by atoms with Crippen molar-refractivity contribution in [3.8, 4) is 0 Å². The largest absolute Gasteiger partial charge is 0.465 e. The highest BCUT2D eigenvalue weighted by Gasteiger charge is 2.20. The van der Waals surface area contributed by atoms with Gasteiger partial charge < -0.3 is 4.74 Å². The number of hydrogen-bond acceptors (Lipinski definition) is 4. The topological polar surface area (TPSA) is 63.7 Å². The zero-order valence-electron chi connectivity index (χ0n) is 13.6. The number of methoxy groups -OCH3 is 1. The van der Waals surface area contributed by atoms with Gasteiger partial charge in [-0.1, -0.05) is 23.8 Å². The molecule has 0 bridgehead atoms. The molecule has 7 heteroatoms. The predicted molar refractivity (Wildman–Crippen MR) is 89.9 cm³/mol. The van der Waals surface area contributed by atoms with Gasteiger partial charge in [-0.05, 0) is 31.2 Å². The first-order valence-electron chi connectivity index (χ1n) is 7.13. The van der Waals surface area contributed by atoms with Crippen LogP contribution in [-0.4, -0.2) is 27.8 Å². The van der Waals surface area contributed by atoms with Crippen molar-refractivity contribution in [3.05, 3.63) is 65.0 Å². The molecule has 0 saturated carbocycles. The van der Waals surface area contributed by atoms with Gasteiger partial charge in [-0.15, -0.1) is 0 Å². The standard InChI is InChI=1S/C17H18FNO4S/c1-12-4-8-15(9-5-12)19(24(3,21)22)11-14-7-6-13(10-16(14)18)17(20)23-2/h4-10H,11H2,1-3H3. The van der Waals surface area contributed by atoms with Crippen molar-refractivity contribution in [3.63, 3.8) is 0 Å². The molecular weight excluding hydrogens is 333 g/mol. The van der Waals surface area contributed by atoms with Crippen LogP contribution >= 0.6 is 0 Å². The maximum atomic E-state index is 14.2. The molecule has 0 aliphatic heterocycles. The Morgan fingerprint density at radius 3 is 2.29 bits per heavy atom. The fraction of sp³-hybridized carbons (Fsp3) is 0.235. The lowest BCUT2D eigenvalue weighted by atomic mass is 10.1. The summed E-state index contributed by atoms with van der Waals surface area (Å²) in [5.41, 5.74) is 1.66. The van der Waals surface area contributed by atoms with Crippen LogP contribution in [0.4, 0.5) is 10.1 Å². The van der Waals surface area contributed by atoms with Gasteiger partial charge in [0.1, 0.15) is 5.82 Å². The number of esters is 1. The van der Waals surface area contributed by atoms with Crippen LogP contribution in [0.25, 0.3) is 0 Å². The molecule has 5 nitrogen and oxygen atoms in total. The van der Waals surface area contributed by atoms with Crippen molar-refractivity contribution in [2.45, 2.75) is 13.5 Å². The lowest BCUT2D eigenvalue weighted by Gasteiger charge is -2.23. The van der Waals surface area contributed by atoms with E-state index in [0.29, 0.717) is 5.69 Å². The summed E-state index contributed by atoms with van der Waals surface area (Å²) < 4.78 is 44.1. The molecule has 0 atom stereocenters. The summed E-state index contributed by atoms with van der Waals surface area (Å²) in [5.74, 6) is -1.32. The van der Waals surface area contributed by atoms with E-state index in [2.05, 4.69) is 4.74 Å². The highest BCUT2D eigenvalue weighted by atomic mass is 32.2. The van der Waals surface area contributed by atoms with Crippen LogP contribution in [0.1, 0.15) is 21.5 Å². The molecule has 0 N–H and O–H groups in total. The van der Waals surface area contributed by atoms with Gasteiger partial charge in [-0.25, -0.2) is 17.6 Å². The quantitative estimate of drug-likeness (QED) is 0.777. The Morgan fingerprint density at radius 1 is 1.17 bits per heavy atom. The molecule has 0 aliphatic rings. The monoisotopic (exact) mass is 351 g/mol. The van der Waals surface area contributed by atoms with Gasteiger partial charge in [-0.2, -0.15) is 0 Å². The molecule has 0 radical (unpaired) electrons. The number of hydrogen-bond donors (Lipinski definition) is 0. The molecule has 0 heterocycles. The number of benzene rings is 2. The number of ether oxygens (including phenoxy) is 1. The molecule has 0 fully saturated rings. The van der Waals surface area contributed by atoms with Crippen LogP contribution in [0, 0.1) is 12.7 Å². The van der Waals surface area contributed by atoms with Crippen molar-refractivity contribution >= 4 is 21.7 Å². The zero-order chi connectivity index (χ0) is 17.9. The molecule has 0 saturated heterocycles. The summed E-state index contributed by atoms with van der Waals surface area (Å²) in [7, 11) is -2.40. The first-order chi connectivity index (χ1) is 11.2. The molecule has 2 aromatic carbocycles. The van der Waals surface area contributed by atoms with Gasteiger partial charge in [0.05, 0.1) is 31.2 Å². The summed E-state index contributed by atoms with van der Waals surface area (Å²) in [4.78, 5) is 11.4. The first kappa shape index (κ1) is 17.9. The van der Waals surface area contributed by atoms with Gasteiger partial charge >= 0.3 is 5.97 Å². The number of anilines is 1. The summed E-state index contributed by atoms with van der Waals surface area (Å²) in [5, 5.41) is 0. The van der Waals surface area contributed by atoms with Crippen LogP contribution in [0.15, 0.2) is 42.5 Å². The van der Waals surface area contributed by atoms with Crippen molar-refractivity contribution in [2.75, 3.05) is 17.7 Å². The second-order valence-corrected chi connectivity index (χ2v) is 7.31. The van der Waals surface area contributed by atoms with Gasteiger partial charge in [0.2, 0.25) is 10.0 Å². The van der Waals surface area contributed by atoms with Crippen LogP contribution in [-0.2, 0) is 21.3 Å². The fourth-order valence-corrected chi connectivity index (χ4v) is 3.06. The number of nitrogens with zero attached hydrogens (tertiary/aromatic N) is 1. The summed E-state index contributed by atoms with van der Waals surface area (Å²) in [6, 6.07) is 10.7. The van der Waals surface area contributed by atoms with Crippen molar-refractivity contribution < 1.29 is 22.3 Å². The normalized spacial score (nSPS) is 11.2. The third-order valence-corrected chi connectivity index (χ3v) is 4.65. The van der Waals surface area contributed by atoms with Crippen LogP contribution in [0.3, 0.4) is 0 Å². The van der Waals surface area contributed by atoms with E-state index in [9.17, 15) is 17.6 Å². The average Bonchev–Trinajstić information content (AvgIpc) is 2.53. The Morgan fingerprint density at radius 2 is 1.79 bits per heavy atom. The Hall–Kier alpha value is -2.41. The smallest absolute Gasteiger partial charge is 0.337 e. The molecule has 0 unspecified atom stereocenters. The molecule has 0 aliphatic carbocycles. The van der Waals surface area contributed by atoms with E-state index in [0.717, 1.165) is 22.2 Å². The van der Waals surface area contributed by atoms with Gasteiger partial charge in [-0.3, -0.25) is 4.31 Å². The number of carbonyl (C=O) groups is 1. The number of rotatable bonds is 5. The SMILES string of the molecule is COC(=O)c1ccc(CN(c2ccc(C)cc2)S(C)(=O)=O)c(F)c1. The highest BCUT2D eigenvalue weighted by molar-refractivity contribution is 7.92. The molecule has 24 heavy (non-hydrogen) atoms. The van der Waals surface area contributed by atoms with Gasteiger partial charge in [0.25, 0.3) is 0 Å². The lowest BCUT2D eigenvalue weighted by molar-refractivity contribution is 0.0600. The Balaban J connectivity index is 2.37. The van der Waals surface area contributed by atoms with E-state index >= 15 is 0 Å². The van der Waals surface area contributed by atoms with Crippen LogP contribution in [0.2, 0.25) is 0 Å². The summed E-state index contributed by atoms with van der Waals surface area (Å²) >= 11 is 0. The number of aryl methyl sites for hydroxylation is 1. The molecule has 0 amide bonds. The second kappa shape index (κ2) is 7.00. The first-order valence-corrected chi connectivity index (χ1v) is 8.98. The summed E-state index contributed by atoms with van der Waals surface area (Å²) in [6.45, 7) is 1.72. The van der Waals surface area contributed by atoms with Crippen LogP contribution < -0.4 is 4.31 Å². The molecule has 0 aromatic heterocycles. The lowest BCUT2D eigenvalue weighted by Crippen LogP contribution is -2.29. The van der Waals surface area contributed by atoms with Crippen molar-refractivity contribution in [1.29, 1.82) is 0 Å². The second-order valence-electron chi connectivity index (χ2n) is 5.40. The van der Waals surface area contributed by atoms with Crippen molar-refractivity contribution in [1.82, 2.24) is 0 Å². The Labute approximate surface area is 140 Å². The van der Waals surface area contributed by atoms with Gasteiger partial charge in [0.15, 0.2) is 0 Å². The molecule has 2 aromatic rings. The highest BCUT2D eigenvalue weighted by Crippen LogP contribution is 2.22. The number of halogens is 1. The third-order valence-electron chi connectivity index (χ3n) is 3.51. The van der Waals surface area contributed by atoms with E-state index < -0.39 is 21.8 Å². The van der Waals surface area contributed by atoms with Gasteiger partial charge in [0, 0.05) is 5.56 Å². The minimum absolute atomic E-state index is 0.0694. The molecule has 0 spiro atoms. The average molecular weight is 351 g/mol. The number of sulfonamides is 1. The molecule has 128 valence electrons. The minimum atomic E-state index is -3.60. The van der Waals surface area contributed by atoms with E-state index in [1.807, 2.05) is 6.92 Å². The van der Waals surface area contributed by atoms with E-state index in [-0.39, 0.29) is 17.7 Å². The van der Waals surface area contributed by atoms with Crippen molar-refractivity contribution in [2.24, 2.45) is 0 Å². The molecule has 2 rings (SSSR count).